The second-order valence-corrected chi connectivity index (χ2v) is 4.60. The molecule has 6 heteroatoms. The monoisotopic (exact) mass is 291 g/mol. The van der Waals surface area contributed by atoms with Crippen LogP contribution in [0.4, 0.5) is 10.1 Å². The molecular formula is C14H11ClFN3O. The quantitative estimate of drug-likeness (QED) is 0.866. The highest BCUT2D eigenvalue weighted by Gasteiger charge is 2.13. The molecule has 102 valence electrons. The number of nitrogens with zero attached hydrogens (tertiary/aromatic N) is 2. The highest BCUT2D eigenvalue weighted by molar-refractivity contribution is 6.31. The molecular weight excluding hydrogens is 281 g/mol. The van der Waals surface area contributed by atoms with Crippen molar-refractivity contribution in [3.63, 3.8) is 0 Å². The maximum absolute atomic E-state index is 13.6. The number of hydrogen-bond donors (Lipinski definition) is 1. The van der Waals surface area contributed by atoms with Crippen LogP contribution >= 0.6 is 11.6 Å². The van der Waals surface area contributed by atoms with E-state index in [0.717, 1.165) is 0 Å². The van der Waals surface area contributed by atoms with E-state index in [1.807, 2.05) is 0 Å². The Kier molecular flexibility index (Phi) is 4.06. The zero-order valence-corrected chi connectivity index (χ0v) is 11.4. The molecule has 1 aromatic carbocycles. The number of hydrogen-bond acceptors (Lipinski definition) is 1. The van der Waals surface area contributed by atoms with Crippen molar-refractivity contribution >= 4 is 23.2 Å². The summed E-state index contributed by atoms with van der Waals surface area (Å²) in [4.78, 5) is 15.2. The van der Waals surface area contributed by atoms with Crippen LogP contribution in [0.1, 0.15) is 16.1 Å². The molecule has 0 aliphatic rings. The summed E-state index contributed by atoms with van der Waals surface area (Å²) in [6.07, 6.45) is 1.55. The number of carbonyl (C=O) groups is 1. The second-order valence-electron chi connectivity index (χ2n) is 4.19. The van der Waals surface area contributed by atoms with Crippen LogP contribution in [0.15, 0.2) is 30.5 Å². The van der Waals surface area contributed by atoms with E-state index in [0.29, 0.717) is 11.4 Å². The van der Waals surface area contributed by atoms with Crippen molar-refractivity contribution in [2.75, 3.05) is 0 Å². The van der Waals surface area contributed by atoms with Gasteiger partial charge in [-0.2, -0.15) is 0 Å². The van der Waals surface area contributed by atoms with Gasteiger partial charge in [-0.15, -0.1) is 0 Å². The maximum Gasteiger partial charge on any atom is 0.266 e. The average molecular weight is 292 g/mol. The largest absolute Gasteiger partial charge is 0.358 e. The van der Waals surface area contributed by atoms with Crippen LogP contribution in [0, 0.1) is 12.4 Å². The van der Waals surface area contributed by atoms with Gasteiger partial charge in [0.25, 0.3) is 5.91 Å². The summed E-state index contributed by atoms with van der Waals surface area (Å²) in [6, 6.07) is 5.83. The van der Waals surface area contributed by atoms with Gasteiger partial charge in [-0.3, -0.25) is 4.79 Å². The zero-order chi connectivity index (χ0) is 14.7. The molecule has 0 spiro atoms. The lowest BCUT2D eigenvalue weighted by atomic mass is 10.2. The Hall–Kier alpha value is -2.32. The predicted molar refractivity (Wildman–Crippen MR) is 74.3 cm³/mol. The molecule has 2 aromatic rings. The molecule has 0 unspecified atom stereocenters. The predicted octanol–water partition coefficient (Wildman–Crippen LogP) is 3.30. The van der Waals surface area contributed by atoms with E-state index in [1.54, 1.807) is 23.9 Å². The fourth-order valence-electron chi connectivity index (χ4n) is 1.79. The standard InChI is InChI=1S/C14H11ClFN3O/c1-17-9-6-13(19(2)8-9)14(20)18-7-10-11(15)4-3-5-12(10)16/h3-6,8H,7H2,2H3,(H,18,20). The lowest BCUT2D eigenvalue weighted by molar-refractivity contribution is 0.0942. The molecule has 2 rings (SSSR count). The van der Waals surface area contributed by atoms with Gasteiger partial charge in [0.1, 0.15) is 5.82 Å². The van der Waals surface area contributed by atoms with E-state index in [9.17, 15) is 9.18 Å². The number of aryl methyl sites for hydroxylation is 1. The summed E-state index contributed by atoms with van der Waals surface area (Å²) in [6.45, 7) is 6.89. The van der Waals surface area contributed by atoms with E-state index in [4.69, 9.17) is 18.2 Å². The first kappa shape index (κ1) is 14.1. The van der Waals surface area contributed by atoms with Crippen LogP contribution in [0.25, 0.3) is 4.85 Å². The first-order valence-electron chi connectivity index (χ1n) is 5.78. The molecule has 0 atom stereocenters. The van der Waals surface area contributed by atoms with Crippen molar-refractivity contribution in [3.05, 3.63) is 64.0 Å². The van der Waals surface area contributed by atoms with Crippen LogP contribution in [0.3, 0.4) is 0 Å². The molecule has 0 saturated carbocycles. The number of rotatable bonds is 3. The zero-order valence-electron chi connectivity index (χ0n) is 10.7. The minimum Gasteiger partial charge on any atom is -0.358 e. The Morgan fingerprint density at radius 1 is 1.55 bits per heavy atom. The first-order valence-corrected chi connectivity index (χ1v) is 6.15. The average Bonchev–Trinajstić information content (AvgIpc) is 2.79. The van der Waals surface area contributed by atoms with Crippen molar-refractivity contribution in [1.29, 1.82) is 0 Å². The Bertz CT molecular complexity index is 683. The number of benzene rings is 1. The van der Waals surface area contributed by atoms with Gasteiger partial charge in [0, 0.05) is 30.4 Å². The van der Waals surface area contributed by atoms with Gasteiger partial charge in [-0.05, 0) is 18.2 Å². The number of nitrogens with one attached hydrogen (secondary N) is 1. The summed E-state index contributed by atoms with van der Waals surface area (Å²) in [5.41, 5.74) is 0.951. The molecule has 1 amide bonds. The third kappa shape index (κ3) is 2.81. The third-order valence-electron chi connectivity index (χ3n) is 2.84. The topological polar surface area (TPSA) is 38.4 Å². The summed E-state index contributed by atoms with van der Waals surface area (Å²) < 4.78 is 15.1. The second kappa shape index (κ2) is 5.76. The van der Waals surface area contributed by atoms with Gasteiger partial charge >= 0.3 is 0 Å². The van der Waals surface area contributed by atoms with Gasteiger partial charge < -0.3 is 9.88 Å². The fraction of sp³-hybridized carbons (Fsp3) is 0.143. The van der Waals surface area contributed by atoms with E-state index in [1.165, 1.54) is 18.2 Å². The SMILES string of the molecule is [C-]#[N+]c1cc(C(=O)NCc2c(F)cccc2Cl)n(C)c1. The van der Waals surface area contributed by atoms with Gasteiger partial charge in [0.2, 0.25) is 5.69 Å². The third-order valence-corrected chi connectivity index (χ3v) is 3.19. The maximum atomic E-state index is 13.6. The Morgan fingerprint density at radius 3 is 2.90 bits per heavy atom. The van der Waals surface area contributed by atoms with Crippen molar-refractivity contribution in [2.45, 2.75) is 6.54 Å². The smallest absolute Gasteiger partial charge is 0.266 e. The molecule has 20 heavy (non-hydrogen) atoms. The van der Waals surface area contributed by atoms with Crippen LogP contribution in [0.5, 0.6) is 0 Å². The Balaban J connectivity index is 2.13. The number of carbonyl (C=O) groups excluding carboxylic acids is 1. The number of aromatic nitrogens is 1. The van der Waals surface area contributed by atoms with Crippen molar-refractivity contribution in [1.82, 2.24) is 9.88 Å². The van der Waals surface area contributed by atoms with E-state index >= 15 is 0 Å². The molecule has 4 nitrogen and oxygen atoms in total. The molecule has 0 saturated heterocycles. The van der Waals surface area contributed by atoms with Gasteiger partial charge in [-0.1, -0.05) is 17.7 Å². The van der Waals surface area contributed by atoms with E-state index in [2.05, 4.69) is 10.2 Å². The fourth-order valence-corrected chi connectivity index (χ4v) is 2.02. The first-order chi connectivity index (χ1) is 9.52. The van der Waals surface area contributed by atoms with Crippen molar-refractivity contribution < 1.29 is 9.18 Å². The summed E-state index contributed by atoms with van der Waals surface area (Å²) in [5, 5.41) is 2.85. The molecule has 0 fully saturated rings. The summed E-state index contributed by atoms with van der Waals surface area (Å²) in [7, 11) is 1.67. The minimum absolute atomic E-state index is 0.0110. The minimum atomic E-state index is -0.466. The van der Waals surface area contributed by atoms with E-state index < -0.39 is 5.82 Å². The molecule has 0 aliphatic heterocycles. The molecule has 0 radical (unpaired) electrons. The molecule has 1 heterocycles. The number of amides is 1. The van der Waals surface area contributed by atoms with Crippen LogP contribution in [-0.2, 0) is 13.6 Å². The molecule has 0 bridgehead atoms. The van der Waals surface area contributed by atoms with Crippen molar-refractivity contribution in [3.8, 4) is 0 Å². The van der Waals surface area contributed by atoms with Crippen LogP contribution < -0.4 is 5.32 Å². The molecule has 1 N–H and O–H groups in total. The van der Waals surface area contributed by atoms with Gasteiger partial charge in [-0.25, -0.2) is 9.24 Å². The highest BCUT2D eigenvalue weighted by atomic mass is 35.5. The number of halogens is 2. The lowest BCUT2D eigenvalue weighted by Gasteiger charge is -2.08. The van der Waals surface area contributed by atoms with Gasteiger partial charge in [0.05, 0.1) is 12.3 Å². The Labute approximate surface area is 120 Å². The normalized spacial score (nSPS) is 10.1. The summed E-state index contributed by atoms with van der Waals surface area (Å²) in [5.74, 6) is -0.853. The molecule has 1 aromatic heterocycles. The summed E-state index contributed by atoms with van der Waals surface area (Å²) >= 11 is 5.88. The highest BCUT2D eigenvalue weighted by Crippen LogP contribution is 2.19. The van der Waals surface area contributed by atoms with Crippen LogP contribution in [0.2, 0.25) is 5.02 Å². The van der Waals surface area contributed by atoms with Crippen LogP contribution in [-0.4, -0.2) is 10.5 Å². The molecule has 0 aliphatic carbocycles. The van der Waals surface area contributed by atoms with Crippen molar-refractivity contribution in [2.24, 2.45) is 7.05 Å². The van der Waals surface area contributed by atoms with E-state index in [-0.39, 0.29) is 23.0 Å². The lowest BCUT2D eigenvalue weighted by Crippen LogP contribution is -2.25. The van der Waals surface area contributed by atoms with Gasteiger partial charge in [0.15, 0.2) is 0 Å². The Morgan fingerprint density at radius 2 is 2.30 bits per heavy atom.